The lowest BCUT2D eigenvalue weighted by molar-refractivity contribution is 0.0103. The van der Waals surface area contributed by atoms with Gasteiger partial charge in [0, 0.05) is 11.2 Å². The zero-order valence-corrected chi connectivity index (χ0v) is 13.2. The Morgan fingerprint density at radius 3 is 2.29 bits per heavy atom. The van der Waals surface area contributed by atoms with Gasteiger partial charge in [-0.25, -0.2) is 9.97 Å². The molecule has 4 nitrogen and oxygen atoms in total. The van der Waals surface area contributed by atoms with Gasteiger partial charge in [0.1, 0.15) is 10.7 Å². The van der Waals surface area contributed by atoms with Crippen molar-refractivity contribution in [3.8, 4) is 0 Å². The third-order valence-electron chi connectivity index (χ3n) is 5.52. The number of rotatable bonds is 3. The van der Waals surface area contributed by atoms with Gasteiger partial charge in [-0.15, -0.1) is 0 Å². The van der Waals surface area contributed by atoms with E-state index in [1.807, 2.05) is 13.0 Å². The fraction of sp³-hybridized carbons (Fsp3) is 0.688. The smallest absolute Gasteiger partial charge is 0.223 e. The van der Waals surface area contributed by atoms with Crippen LogP contribution in [-0.2, 0) is 0 Å². The summed E-state index contributed by atoms with van der Waals surface area (Å²) in [5.74, 6) is 3.43. The molecule has 0 amide bonds. The number of aryl methyl sites for hydroxylation is 1. The lowest BCUT2D eigenvalue weighted by Gasteiger charge is -2.56. The van der Waals surface area contributed by atoms with Crippen LogP contribution in [0.4, 0.5) is 5.95 Å². The minimum absolute atomic E-state index is 0.218. The third-order valence-corrected chi connectivity index (χ3v) is 5.73. The highest BCUT2D eigenvalue weighted by Gasteiger charge is 2.51. The molecule has 0 aromatic carbocycles. The molecule has 4 bridgehead atoms. The number of hydrogen-bond donors (Lipinski definition) is 2. The molecule has 5 rings (SSSR count). The van der Waals surface area contributed by atoms with Crippen LogP contribution in [0.1, 0.15) is 49.9 Å². The SMILES string of the molecule is Cc1cc(C(N)=S)nc(NC23CC4CC(CC(C4)C2)C3)n1. The quantitative estimate of drug-likeness (QED) is 0.841. The van der Waals surface area contributed by atoms with Crippen molar-refractivity contribution in [2.45, 2.75) is 51.0 Å². The summed E-state index contributed by atoms with van der Waals surface area (Å²) in [5.41, 5.74) is 7.53. The van der Waals surface area contributed by atoms with Crippen molar-refractivity contribution in [2.75, 3.05) is 5.32 Å². The van der Waals surface area contributed by atoms with Gasteiger partial charge in [-0.1, -0.05) is 12.2 Å². The maximum Gasteiger partial charge on any atom is 0.223 e. The molecule has 0 spiro atoms. The average Bonchev–Trinajstić information content (AvgIpc) is 2.35. The van der Waals surface area contributed by atoms with Gasteiger partial charge >= 0.3 is 0 Å². The molecule has 1 heterocycles. The standard InChI is InChI=1S/C16H22N4S/c1-9-2-13(14(17)21)19-15(18-9)20-16-6-10-3-11(7-16)5-12(4-10)8-16/h2,10-12H,3-8H2,1H3,(H2,17,21)(H,18,19,20). The number of nitrogens with one attached hydrogen (secondary N) is 1. The number of nitrogens with zero attached hydrogens (tertiary/aromatic N) is 2. The summed E-state index contributed by atoms with van der Waals surface area (Å²) in [7, 11) is 0. The molecule has 4 saturated carbocycles. The first-order valence-corrected chi connectivity index (χ1v) is 8.36. The molecule has 5 heteroatoms. The van der Waals surface area contributed by atoms with E-state index in [1.165, 1.54) is 38.5 Å². The Morgan fingerprint density at radius 2 is 1.76 bits per heavy atom. The van der Waals surface area contributed by atoms with Gasteiger partial charge in [-0.3, -0.25) is 0 Å². The van der Waals surface area contributed by atoms with Crippen LogP contribution in [-0.4, -0.2) is 20.5 Å². The number of thiocarbonyl (C=S) groups is 1. The van der Waals surface area contributed by atoms with Gasteiger partial charge < -0.3 is 11.1 Å². The molecule has 0 unspecified atom stereocenters. The summed E-state index contributed by atoms with van der Waals surface area (Å²) in [5, 5.41) is 3.69. The Morgan fingerprint density at radius 1 is 1.19 bits per heavy atom. The molecule has 21 heavy (non-hydrogen) atoms. The molecule has 4 aliphatic rings. The van der Waals surface area contributed by atoms with Gasteiger partial charge in [-0.2, -0.15) is 0 Å². The van der Waals surface area contributed by atoms with E-state index in [9.17, 15) is 0 Å². The number of aromatic nitrogens is 2. The van der Waals surface area contributed by atoms with Crippen molar-refractivity contribution >= 4 is 23.2 Å². The largest absolute Gasteiger partial charge is 0.388 e. The van der Waals surface area contributed by atoms with Crippen LogP contribution in [0.2, 0.25) is 0 Å². The zero-order chi connectivity index (χ0) is 14.6. The number of hydrogen-bond acceptors (Lipinski definition) is 4. The van der Waals surface area contributed by atoms with E-state index >= 15 is 0 Å². The first-order valence-electron chi connectivity index (χ1n) is 7.95. The van der Waals surface area contributed by atoms with Crippen molar-refractivity contribution in [1.29, 1.82) is 0 Å². The highest BCUT2D eigenvalue weighted by Crippen LogP contribution is 2.56. The second-order valence-corrected chi connectivity index (χ2v) is 7.85. The van der Waals surface area contributed by atoms with E-state index in [0.717, 1.165) is 23.4 Å². The Labute approximate surface area is 130 Å². The molecule has 0 saturated heterocycles. The van der Waals surface area contributed by atoms with Crippen molar-refractivity contribution in [1.82, 2.24) is 9.97 Å². The molecule has 3 N–H and O–H groups in total. The lowest BCUT2D eigenvalue weighted by Crippen LogP contribution is -2.55. The van der Waals surface area contributed by atoms with E-state index in [0.29, 0.717) is 16.6 Å². The number of nitrogens with two attached hydrogens (primary N) is 1. The van der Waals surface area contributed by atoms with Gasteiger partial charge in [0.2, 0.25) is 5.95 Å². The fourth-order valence-electron chi connectivity index (χ4n) is 5.25. The van der Waals surface area contributed by atoms with Gasteiger partial charge in [0.15, 0.2) is 0 Å². The lowest BCUT2D eigenvalue weighted by atomic mass is 9.53. The Bertz CT molecular complexity index is 563. The highest BCUT2D eigenvalue weighted by molar-refractivity contribution is 7.80. The van der Waals surface area contributed by atoms with Crippen molar-refractivity contribution in [3.05, 3.63) is 17.5 Å². The minimum Gasteiger partial charge on any atom is -0.388 e. The van der Waals surface area contributed by atoms with Gasteiger partial charge in [0.05, 0.1) is 0 Å². The molecule has 0 radical (unpaired) electrons. The zero-order valence-electron chi connectivity index (χ0n) is 12.4. The molecule has 1 aromatic heterocycles. The van der Waals surface area contributed by atoms with Crippen LogP contribution in [0.25, 0.3) is 0 Å². The summed E-state index contributed by atoms with van der Waals surface area (Å²) >= 11 is 5.06. The monoisotopic (exact) mass is 302 g/mol. The van der Waals surface area contributed by atoms with Crippen LogP contribution >= 0.6 is 12.2 Å². The number of anilines is 1. The summed E-state index contributed by atoms with van der Waals surface area (Å²) in [4.78, 5) is 9.42. The molecule has 112 valence electrons. The normalized spacial score (nSPS) is 36.7. The van der Waals surface area contributed by atoms with Crippen LogP contribution in [0.5, 0.6) is 0 Å². The van der Waals surface area contributed by atoms with Gasteiger partial charge in [-0.05, 0) is 69.3 Å². The molecular formula is C16H22N4S. The van der Waals surface area contributed by atoms with Crippen LogP contribution in [0.3, 0.4) is 0 Å². The Hall–Kier alpha value is -1.23. The van der Waals surface area contributed by atoms with E-state index < -0.39 is 0 Å². The molecule has 4 fully saturated rings. The van der Waals surface area contributed by atoms with E-state index in [-0.39, 0.29) is 5.54 Å². The van der Waals surface area contributed by atoms with E-state index in [1.54, 1.807) is 0 Å². The Balaban J connectivity index is 1.62. The average molecular weight is 302 g/mol. The van der Waals surface area contributed by atoms with Crippen LogP contribution in [0.15, 0.2) is 6.07 Å². The first kappa shape index (κ1) is 13.4. The van der Waals surface area contributed by atoms with Crippen molar-refractivity contribution in [2.24, 2.45) is 23.5 Å². The predicted molar refractivity (Wildman–Crippen MR) is 87.2 cm³/mol. The summed E-state index contributed by atoms with van der Waals surface area (Å²) in [6.07, 6.45) is 8.14. The molecule has 1 aromatic rings. The van der Waals surface area contributed by atoms with E-state index in [4.69, 9.17) is 18.0 Å². The maximum atomic E-state index is 5.73. The Kier molecular flexibility index (Phi) is 2.96. The second-order valence-electron chi connectivity index (χ2n) is 7.41. The summed E-state index contributed by atoms with van der Waals surface area (Å²) in [6, 6.07) is 1.85. The van der Waals surface area contributed by atoms with Crippen molar-refractivity contribution in [3.63, 3.8) is 0 Å². The highest BCUT2D eigenvalue weighted by atomic mass is 32.1. The summed E-state index contributed by atoms with van der Waals surface area (Å²) in [6.45, 7) is 1.97. The van der Waals surface area contributed by atoms with Gasteiger partial charge in [0.25, 0.3) is 0 Å². The fourth-order valence-corrected chi connectivity index (χ4v) is 5.36. The van der Waals surface area contributed by atoms with E-state index in [2.05, 4.69) is 15.3 Å². The molecule has 0 aliphatic heterocycles. The summed E-state index contributed by atoms with van der Waals surface area (Å²) < 4.78 is 0. The topological polar surface area (TPSA) is 63.8 Å². The van der Waals surface area contributed by atoms with Crippen LogP contribution < -0.4 is 11.1 Å². The van der Waals surface area contributed by atoms with Crippen LogP contribution in [0, 0.1) is 24.7 Å². The minimum atomic E-state index is 0.218. The molecular weight excluding hydrogens is 280 g/mol. The predicted octanol–water partition coefficient (Wildman–Crippen LogP) is 2.80. The maximum absolute atomic E-state index is 5.73. The molecule has 4 aliphatic carbocycles. The molecule has 0 atom stereocenters. The first-order chi connectivity index (χ1) is 10.0. The third kappa shape index (κ3) is 2.41. The second kappa shape index (κ2) is 4.63. The van der Waals surface area contributed by atoms with Crippen molar-refractivity contribution < 1.29 is 0 Å².